The summed E-state index contributed by atoms with van der Waals surface area (Å²) < 4.78 is 44.6. The summed E-state index contributed by atoms with van der Waals surface area (Å²) in [6.45, 7) is 0.451. The zero-order valence-corrected chi connectivity index (χ0v) is 16.3. The maximum absolute atomic E-state index is 14.0. The number of hydrogen-bond donors (Lipinski definition) is 0. The van der Waals surface area contributed by atoms with Crippen LogP contribution in [0, 0.1) is 5.82 Å². The van der Waals surface area contributed by atoms with E-state index in [-0.39, 0.29) is 41.4 Å². The third-order valence-electron chi connectivity index (χ3n) is 4.73. The standard InChI is InChI=1S/C19H19ClFNO4S/c1-26-13-5-7-14(8-6-13)27(24,25)15-9-11-22(12-10-15)19(23)18-16(20)3-2-4-17(18)21/h2-8,15H,9-12H2,1H3. The highest BCUT2D eigenvalue weighted by atomic mass is 35.5. The summed E-state index contributed by atoms with van der Waals surface area (Å²) in [4.78, 5) is 14.3. The minimum Gasteiger partial charge on any atom is -0.497 e. The van der Waals surface area contributed by atoms with E-state index >= 15 is 0 Å². The van der Waals surface area contributed by atoms with Gasteiger partial charge in [0.25, 0.3) is 5.91 Å². The third kappa shape index (κ3) is 3.94. The molecule has 0 bridgehead atoms. The van der Waals surface area contributed by atoms with Crippen LogP contribution in [0.1, 0.15) is 23.2 Å². The Balaban J connectivity index is 1.72. The Labute approximate surface area is 162 Å². The molecule has 144 valence electrons. The van der Waals surface area contributed by atoms with Crippen LogP contribution in [0.4, 0.5) is 4.39 Å². The maximum Gasteiger partial charge on any atom is 0.258 e. The van der Waals surface area contributed by atoms with Crippen LogP contribution in [-0.2, 0) is 9.84 Å². The van der Waals surface area contributed by atoms with Gasteiger partial charge in [-0.05, 0) is 49.2 Å². The second-order valence-electron chi connectivity index (χ2n) is 6.31. The van der Waals surface area contributed by atoms with Gasteiger partial charge >= 0.3 is 0 Å². The van der Waals surface area contributed by atoms with E-state index in [1.165, 1.54) is 42.3 Å². The average molecular weight is 412 g/mol. The van der Waals surface area contributed by atoms with E-state index in [0.29, 0.717) is 5.75 Å². The van der Waals surface area contributed by atoms with Gasteiger partial charge in [0.2, 0.25) is 0 Å². The predicted molar refractivity (Wildman–Crippen MR) is 101 cm³/mol. The number of carbonyl (C=O) groups is 1. The van der Waals surface area contributed by atoms with E-state index in [9.17, 15) is 17.6 Å². The number of likely N-dealkylation sites (tertiary alicyclic amines) is 1. The summed E-state index contributed by atoms with van der Waals surface area (Å²) >= 11 is 5.96. The Morgan fingerprint density at radius 3 is 2.33 bits per heavy atom. The lowest BCUT2D eigenvalue weighted by Gasteiger charge is -2.32. The van der Waals surface area contributed by atoms with Crippen LogP contribution in [0.3, 0.4) is 0 Å². The summed E-state index contributed by atoms with van der Waals surface area (Å²) in [7, 11) is -2.00. The minimum atomic E-state index is -3.51. The van der Waals surface area contributed by atoms with Crippen molar-refractivity contribution in [3.05, 3.63) is 58.9 Å². The van der Waals surface area contributed by atoms with Crippen molar-refractivity contribution in [1.29, 1.82) is 0 Å². The summed E-state index contributed by atoms with van der Waals surface area (Å²) in [5.41, 5.74) is -0.171. The Bertz CT molecular complexity index is 918. The molecule has 27 heavy (non-hydrogen) atoms. The van der Waals surface area contributed by atoms with Gasteiger partial charge in [0.05, 0.1) is 27.8 Å². The maximum atomic E-state index is 14.0. The summed E-state index contributed by atoms with van der Waals surface area (Å²) in [6, 6.07) is 10.3. The number of halogens is 2. The van der Waals surface area contributed by atoms with E-state index < -0.39 is 26.8 Å². The number of methoxy groups -OCH3 is 1. The van der Waals surface area contributed by atoms with E-state index in [4.69, 9.17) is 16.3 Å². The molecule has 8 heteroatoms. The topological polar surface area (TPSA) is 63.7 Å². The SMILES string of the molecule is COc1ccc(S(=O)(=O)C2CCN(C(=O)c3c(F)cccc3Cl)CC2)cc1. The first kappa shape index (κ1) is 19.6. The quantitative estimate of drug-likeness (QED) is 0.771. The van der Waals surface area contributed by atoms with Crippen LogP contribution in [0.25, 0.3) is 0 Å². The second kappa shape index (κ2) is 7.86. The number of benzene rings is 2. The highest BCUT2D eigenvalue weighted by molar-refractivity contribution is 7.92. The average Bonchev–Trinajstić information content (AvgIpc) is 2.68. The number of sulfone groups is 1. The summed E-state index contributed by atoms with van der Waals surface area (Å²) in [5, 5.41) is -0.543. The van der Waals surface area contributed by atoms with Crippen LogP contribution in [0.2, 0.25) is 5.02 Å². The molecule has 0 saturated carbocycles. The van der Waals surface area contributed by atoms with Crippen molar-refractivity contribution in [2.75, 3.05) is 20.2 Å². The van der Waals surface area contributed by atoms with Crippen LogP contribution in [0.15, 0.2) is 47.4 Å². The Hall–Kier alpha value is -2.12. The lowest BCUT2D eigenvalue weighted by Crippen LogP contribution is -2.42. The van der Waals surface area contributed by atoms with Crippen molar-refractivity contribution in [3.63, 3.8) is 0 Å². The molecule has 1 heterocycles. The fourth-order valence-electron chi connectivity index (χ4n) is 3.19. The number of amides is 1. The number of rotatable bonds is 4. The zero-order chi connectivity index (χ0) is 19.6. The first-order valence-electron chi connectivity index (χ1n) is 8.46. The number of ether oxygens (including phenoxy) is 1. The predicted octanol–water partition coefficient (Wildman–Crippen LogP) is 3.57. The molecule has 1 fully saturated rings. The van der Waals surface area contributed by atoms with Gasteiger partial charge in [0.1, 0.15) is 11.6 Å². The number of piperidine rings is 1. The summed E-state index contributed by atoms with van der Waals surface area (Å²) in [5.74, 6) is -0.616. The molecule has 3 rings (SSSR count). The number of nitrogens with zero attached hydrogens (tertiary/aromatic N) is 1. The molecule has 0 aromatic heterocycles. The van der Waals surface area contributed by atoms with Gasteiger partial charge < -0.3 is 9.64 Å². The molecule has 0 radical (unpaired) electrons. The second-order valence-corrected chi connectivity index (χ2v) is 8.94. The lowest BCUT2D eigenvalue weighted by atomic mass is 10.1. The molecule has 1 aliphatic rings. The van der Waals surface area contributed by atoms with Crippen LogP contribution >= 0.6 is 11.6 Å². The smallest absolute Gasteiger partial charge is 0.258 e. The van der Waals surface area contributed by atoms with Crippen molar-refractivity contribution < 1.29 is 22.3 Å². The van der Waals surface area contributed by atoms with E-state index in [0.717, 1.165) is 0 Å². The van der Waals surface area contributed by atoms with Crippen LogP contribution in [-0.4, -0.2) is 44.7 Å². The van der Waals surface area contributed by atoms with Gasteiger partial charge in [-0.1, -0.05) is 17.7 Å². The van der Waals surface area contributed by atoms with Crippen molar-refractivity contribution in [1.82, 2.24) is 4.90 Å². The third-order valence-corrected chi connectivity index (χ3v) is 7.33. The molecule has 0 spiro atoms. The van der Waals surface area contributed by atoms with Gasteiger partial charge in [-0.25, -0.2) is 12.8 Å². The van der Waals surface area contributed by atoms with E-state index in [1.54, 1.807) is 12.1 Å². The van der Waals surface area contributed by atoms with Crippen LogP contribution in [0.5, 0.6) is 5.75 Å². The molecule has 1 amide bonds. The van der Waals surface area contributed by atoms with Gasteiger partial charge in [0.15, 0.2) is 9.84 Å². The van der Waals surface area contributed by atoms with Gasteiger partial charge in [-0.15, -0.1) is 0 Å². The minimum absolute atomic E-state index is 0.0491. The molecule has 0 atom stereocenters. The largest absolute Gasteiger partial charge is 0.497 e. The number of hydrogen-bond acceptors (Lipinski definition) is 4. The molecule has 0 aliphatic carbocycles. The zero-order valence-electron chi connectivity index (χ0n) is 14.7. The van der Waals surface area contributed by atoms with Crippen molar-refractivity contribution in [2.45, 2.75) is 23.0 Å². The van der Waals surface area contributed by atoms with Gasteiger partial charge in [0, 0.05) is 13.1 Å². The lowest BCUT2D eigenvalue weighted by molar-refractivity contribution is 0.0721. The van der Waals surface area contributed by atoms with Crippen molar-refractivity contribution >= 4 is 27.3 Å². The Morgan fingerprint density at radius 1 is 1.15 bits per heavy atom. The Morgan fingerprint density at radius 2 is 1.78 bits per heavy atom. The molecule has 2 aromatic carbocycles. The van der Waals surface area contributed by atoms with Crippen molar-refractivity contribution in [3.8, 4) is 5.75 Å². The molecule has 5 nitrogen and oxygen atoms in total. The Kier molecular flexibility index (Phi) is 5.72. The van der Waals surface area contributed by atoms with Gasteiger partial charge in [-0.2, -0.15) is 0 Å². The summed E-state index contributed by atoms with van der Waals surface area (Å²) in [6.07, 6.45) is 0.568. The highest BCUT2D eigenvalue weighted by Crippen LogP contribution is 2.28. The first-order chi connectivity index (χ1) is 12.8. The number of carbonyl (C=O) groups excluding carboxylic acids is 1. The van der Waals surface area contributed by atoms with Crippen molar-refractivity contribution in [2.24, 2.45) is 0 Å². The molecular formula is C19H19ClFNO4S. The molecule has 0 unspecified atom stereocenters. The first-order valence-corrected chi connectivity index (χ1v) is 10.4. The molecule has 1 saturated heterocycles. The van der Waals surface area contributed by atoms with Gasteiger partial charge in [-0.3, -0.25) is 4.79 Å². The van der Waals surface area contributed by atoms with Crippen LogP contribution < -0.4 is 4.74 Å². The monoisotopic (exact) mass is 411 g/mol. The van der Waals surface area contributed by atoms with E-state index in [2.05, 4.69) is 0 Å². The fraction of sp³-hybridized carbons (Fsp3) is 0.316. The molecular weight excluding hydrogens is 393 g/mol. The molecule has 0 N–H and O–H groups in total. The normalized spacial score (nSPS) is 15.6. The highest BCUT2D eigenvalue weighted by Gasteiger charge is 2.34. The fourth-order valence-corrected chi connectivity index (χ4v) is 5.16. The molecule has 2 aromatic rings. The molecule has 1 aliphatic heterocycles. The van der Waals surface area contributed by atoms with E-state index in [1.807, 2.05) is 0 Å².